The minimum absolute atomic E-state index is 0.197. The minimum atomic E-state index is -0.197. The van der Waals surface area contributed by atoms with Crippen LogP contribution in [-0.2, 0) is 6.42 Å². The summed E-state index contributed by atoms with van der Waals surface area (Å²) < 4.78 is 13.0. The summed E-state index contributed by atoms with van der Waals surface area (Å²) in [7, 11) is 0. The normalized spacial score (nSPS) is 10.2. The third-order valence-electron chi connectivity index (χ3n) is 1.72. The van der Waals surface area contributed by atoms with Crippen LogP contribution >= 0.6 is 0 Å². The van der Waals surface area contributed by atoms with Crippen LogP contribution in [0.4, 0.5) is 10.1 Å². The van der Waals surface area contributed by atoms with E-state index in [1.165, 1.54) is 6.07 Å². The molecule has 0 saturated carbocycles. The van der Waals surface area contributed by atoms with E-state index in [0.29, 0.717) is 24.2 Å². The van der Waals surface area contributed by atoms with Gasteiger partial charge in [0.25, 0.3) is 0 Å². The third kappa shape index (κ3) is 2.20. The lowest BCUT2D eigenvalue weighted by Gasteiger charge is -2.02. The highest BCUT2D eigenvalue weighted by atomic mass is 19.1. The molecule has 0 saturated heterocycles. The van der Waals surface area contributed by atoms with Crippen LogP contribution in [0.15, 0.2) is 18.2 Å². The van der Waals surface area contributed by atoms with Crippen LogP contribution in [0.25, 0.3) is 0 Å². The smallest absolute Gasteiger partial charge is 0.126 e. The lowest BCUT2D eigenvalue weighted by atomic mass is 10.1. The fourth-order valence-electron chi connectivity index (χ4n) is 1.08. The van der Waals surface area contributed by atoms with Gasteiger partial charge in [0.1, 0.15) is 5.82 Å². The lowest BCUT2D eigenvalue weighted by Crippen LogP contribution is -2.02. The monoisotopic (exact) mass is 168 g/mol. The molecule has 0 spiro atoms. The molecular weight excluding hydrogens is 155 g/mol. The first kappa shape index (κ1) is 9.00. The summed E-state index contributed by atoms with van der Waals surface area (Å²) in [5.74, 6) is -0.197. The second-order valence-corrected chi connectivity index (χ2v) is 2.74. The Morgan fingerprint density at radius 3 is 2.75 bits per heavy atom. The highest BCUT2D eigenvalue weighted by Crippen LogP contribution is 2.13. The molecule has 0 aliphatic carbocycles. The molecular formula is C9H13FN2. The van der Waals surface area contributed by atoms with E-state index >= 15 is 0 Å². The van der Waals surface area contributed by atoms with Crippen LogP contribution in [0, 0.1) is 5.82 Å². The Morgan fingerprint density at radius 1 is 1.33 bits per heavy atom. The van der Waals surface area contributed by atoms with Gasteiger partial charge in [0.05, 0.1) is 0 Å². The molecule has 0 aromatic heterocycles. The Balaban J connectivity index is 2.75. The van der Waals surface area contributed by atoms with E-state index in [9.17, 15) is 4.39 Å². The predicted molar refractivity (Wildman–Crippen MR) is 48.2 cm³/mol. The van der Waals surface area contributed by atoms with Gasteiger partial charge < -0.3 is 11.5 Å². The molecule has 0 fully saturated rings. The van der Waals surface area contributed by atoms with Crippen molar-refractivity contribution >= 4 is 5.69 Å². The predicted octanol–water partition coefficient (Wildman–Crippen LogP) is 1.30. The fraction of sp³-hybridized carbons (Fsp3) is 0.333. The number of nitrogens with two attached hydrogens (primary N) is 2. The standard InChI is InChI=1S/C9H13FN2/c10-9-4-3-8(12)6-7(9)2-1-5-11/h3-4,6H,1-2,5,11-12H2. The van der Waals surface area contributed by atoms with Gasteiger partial charge >= 0.3 is 0 Å². The van der Waals surface area contributed by atoms with Crippen molar-refractivity contribution in [3.8, 4) is 0 Å². The average Bonchev–Trinajstić information content (AvgIpc) is 2.07. The van der Waals surface area contributed by atoms with Crippen molar-refractivity contribution < 1.29 is 4.39 Å². The van der Waals surface area contributed by atoms with E-state index in [-0.39, 0.29) is 5.82 Å². The van der Waals surface area contributed by atoms with Crippen molar-refractivity contribution in [2.45, 2.75) is 12.8 Å². The Kier molecular flexibility index (Phi) is 3.05. The molecule has 66 valence electrons. The van der Waals surface area contributed by atoms with Crippen molar-refractivity contribution in [1.82, 2.24) is 0 Å². The van der Waals surface area contributed by atoms with Crippen molar-refractivity contribution in [3.63, 3.8) is 0 Å². The first-order valence-electron chi connectivity index (χ1n) is 3.98. The molecule has 0 aliphatic rings. The first-order chi connectivity index (χ1) is 5.74. The summed E-state index contributed by atoms with van der Waals surface area (Å²) >= 11 is 0. The molecule has 3 heteroatoms. The molecule has 0 radical (unpaired) electrons. The molecule has 0 unspecified atom stereocenters. The van der Waals surface area contributed by atoms with Gasteiger partial charge in [-0.25, -0.2) is 4.39 Å². The second kappa shape index (κ2) is 4.07. The number of hydrogen-bond acceptors (Lipinski definition) is 2. The van der Waals surface area contributed by atoms with Crippen molar-refractivity contribution in [2.75, 3.05) is 12.3 Å². The third-order valence-corrected chi connectivity index (χ3v) is 1.72. The van der Waals surface area contributed by atoms with Gasteiger partial charge in [-0.3, -0.25) is 0 Å². The molecule has 1 aromatic carbocycles. The van der Waals surface area contributed by atoms with Gasteiger partial charge in [-0.15, -0.1) is 0 Å². The maximum Gasteiger partial charge on any atom is 0.126 e. The zero-order valence-electron chi connectivity index (χ0n) is 6.89. The van der Waals surface area contributed by atoms with Crippen LogP contribution < -0.4 is 11.5 Å². The summed E-state index contributed by atoms with van der Waals surface area (Å²) in [6, 6.07) is 4.60. The number of halogens is 1. The SMILES string of the molecule is NCCCc1cc(N)ccc1F. The summed E-state index contributed by atoms with van der Waals surface area (Å²) in [6.07, 6.45) is 1.45. The average molecular weight is 168 g/mol. The van der Waals surface area contributed by atoms with E-state index in [1.807, 2.05) is 0 Å². The summed E-state index contributed by atoms with van der Waals surface area (Å²) in [4.78, 5) is 0. The molecule has 1 aromatic rings. The van der Waals surface area contributed by atoms with Gasteiger partial charge in [-0.2, -0.15) is 0 Å². The number of nitrogen functional groups attached to an aromatic ring is 1. The van der Waals surface area contributed by atoms with Gasteiger partial charge in [0.2, 0.25) is 0 Å². The Morgan fingerprint density at radius 2 is 2.08 bits per heavy atom. The van der Waals surface area contributed by atoms with Crippen LogP contribution in [0.5, 0.6) is 0 Å². The van der Waals surface area contributed by atoms with Crippen LogP contribution in [-0.4, -0.2) is 6.54 Å². The number of hydrogen-bond donors (Lipinski definition) is 2. The summed E-state index contributed by atoms with van der Waals surface area (Å²) in [6.45, 7) is 0.578. The number of aryl methyl sites for hydroxylation is 1. The zero-order valence-corrected chi connectivity index (χ0v) is 6.89. The molecule has 1 rings (SSSR count). The Bertz CT molecular complexity index is 261. The Hall–Kier alpha value is -1.09. The van der Waals surface area contributed by atoms with Gasteiger partial charge in [0.15, 0.2) is 0 Å². The van der Waals surface area contributed by atoms with E-state index in [4.69, 9.17) is 11.5 Å². The van der Waals surface area contributed by atoms with Crippen molar-refractivity contribution in [3.05, 3.63) is 29.6 Å². The first-order valence-corrected chi connectivity index (χ1v) is 3.98. The molecule has 4 N–H and O–H groups in total. The Labute approximate surface area is 71.4 Å². The topological polar surface area (TPSA) is 52.0 Å². The van der Waals surface area contributed by atoms with Crippen molar-refractivity contribution in [2.24, 2.45) is 5.73 Å². The minimum Gasteiger partial charge on any atom is -0.399 e. The van der Waals surface area contributed by atoms with Crippen LogP contribution in [0.3, 0.4) is 0 Å². The summed E-state index contributed by atoms with van der Waals surface area (Å²) in [5, 5.41) is 0. The quantitative estimate of drug-likeness (QED) is 0.668. The van der Waals surface area contributed by atoms with Gasteiger partial charge in [-0.1, -0.05) is 0 Å². The number of benzene rings is 1. The van der Waals surface area contributed by atoms with E-state index in [1.54, 1.807) is 12.1 Å². The van der Waals surface area contributed by atoms with E-state index < -0.39 is 0 Å². The molecule has 2 nitrogen and oxygen atoms in total. The van der Waals surface area contributed by atoms with Gasteiger partial charge in [-0.05, 0) is 43.1 Å². The number of anilines is 1. The largest absolute Gasteiger partial charge is 0.399 e. The fourth-order valence-corrected chi connectivity index (χ4v) is 1.08. The highest BCUT2D eigenvalue weighted by molar-refractivity contribution is 5.41. The number of rotatable bonds is 3. The van der Waals surface area contributed by atoms with E-state index in [0.717, 1.165) is 6.42 Å². The highest BCUT2D eigenvalue weighted by Gasteiger charge is 2.00. The van der Waals surface area contributed by atoms with Crippen LogP contribution in [0.1, 0.15) is 12.0 Å². The molecule has 0 amide bonds. The zero-order chi connectivity index (χ0) is 8.97. The maximum absolute atomic E-state index is 13.0. The second-order valence-electron chi connectivity index (χ2n) is 2.74. The molecule has 0 heterocycles. The lowest BCUT2D eigenvalue weighted by molar-refractivity contribution is 0.605. The van der Waals surface area contributed by atoms with Gasteiger partial charge in [0, 0.05) is 5.69 Å². The molecule has 0 atom stereocenters. The summed E-state index contributed by atoms with van der Waals surface area (Å²) in [5.41, 5.74) is 12.1. The van der Waals surface area contributed by atoms with Crippen LogP contribution in [0.2, 0.25) is 0 Å². The van der Waals surface area contributed by atoms with Crippen molar-refractivity contribution in [1.29, 1.82) is 0 Å². The maximum atomic E-state index is 13.0. The van der Waals surface area contributed by atoms with E-state index in [2.05, 4.69) is 0 Å². The molecule has 0 bridgehead atoms. The molecule has 12 heavy (non-hydrogen) atoms. The molecule has 0 aliphatic heterocycles.